The van der Waals surface area contributed by atoms with Gasteiger partial charge in [-0.15, -0.1) is 0 Å². The molecule has 7 nitrogen and oxygen atoms in total. The molecule has 0 aromatic carbocycles. The predicted molar refractivity (Wildman–Crippen MR) is 91.7 cm³/mol. The third-order valence-corrected chi connectivity index (χ3v) is 4.90. The summed E-state index contributed by atoms with van der Waals surface area (Å²) in [5.41, 5.74) is -0.182. The van der Waals surface area contributed by atoms with Gasteiger partial charge in [0.1, 0.15) is 0 Å². The summed E-state index contributed by atoms with van der Waals surface area (Å²) in [5.74, 6) is -1.21. The van der Waals surface area contributed by atoms with E-state index in [1.807, 2.05) is 6.92 Å². The molecule has 154 valence electrons. The van der Waals surface area contributed by atoms with Gasteiger partial charge in [-0.05, 0) is 18.1 Å². The summed E-state index contributed by atoms with van der Waals surface area (Å²) in [5, 5.41) is 0. The number of carbonyl (C=O) groups is 2. The highest BCUT2D eigenvalue weighted by atomic mass is 19.4. The van der Waals surface area contributed by atoms with E-state index in [0.717, 1.165) is 0 Å². The van der Waals surface area contributed by atoms with E-state index in [-0.39, 0.29) is 35.7 Å². The lowest BCUT2D eigenvalue weighted by Crippen LogP contribution is -2.45. The number of amides is 2. The van der Waals surface area contributed by atoms with Crippen LogP contribution in [0, 0.1) is 11.8 Å². The molecule has 28 heavy (non-hydrogen) atoms. The molecule has 0 spiro atoms. The Labute approximate surface area is 160 Å². The summed E-state index contributed by atoms with van der Waals surface area (Å²) in [4.78, 5) is 32.7. The fraction of sp³-hybridized carbons (Fsp3) is 0.611. The van der Waals surface area contributed by atoms with Crippen LogP contribution in [0.4, 0.5) is 13.2 Å². The van der Waals surface area contributed by atoms with E-state index < -0.39 is 18.7 Å². The molecule has 0 unspecified atom stereocenters. The number of ether oxygens (including phenoxy) is 2. The quantitative estimate of drug-likeness (QED) is 0.766. The second kappa shape index (κ2) is 8.34. The van der Waals surface area contributed by atoms with E-state index in [2.05, 4.69) is 4.98 Å². The molecule has 2 fully saturated rings. The number of aromatic nitrogens is 1. The monoisotopic (exact) mass is 401 g/mol. The van der Waals surface area contributed by atoms with Crippen LogP contribution >= 0.6 is 0 Å². The molecule has 0 aliphatic carbocycles. The average Bonchev–Trinajstić information content (AvgIpc) is 3.07. The van der Waals surface area contributed by atoms with Crippen molar-refractivity contribution in [1.82, 2.24) is 14.8 Å². The maximum absolute atomic E-state index is 12.8. The SMILES string of the molecule is C[C@@H]1CN(C(=O)c2ncccc2OCC(F)(F)F)C[C@H]1C(=O)N1CCOCC1. The van der Waals surface area contributed by atoms with Crippen molar-refractivity contribution in [3.63, 3.8) is 0 Å². The highest BCUT2D eigenvalue weighted by molar-refractivity contribution is 5.95. The number of morpholine rings is 1. The zero-order valence-corrected chi connectivity index (χ0v) is 15.4. The standard InChI is InChI=1S/C18H22F3N3O4/c1-12-9-24(10-13(12)16(25)23-5-7-27-8-6-23)17(26)15-14(3-2-4-22-15)28-11-18(19,20)21/h2-4,12-13H,5-11H2,1H3/t12-,13-/m1/s1. The molecule has 3 heterocycles. The fourth-order valence-electron chi connectivity index (χ4n) is 3.45. The van der Waals surface area contributed by atoms with Gasteiger partial charge in [-0.3, -0.25) is 9.59 Å². The van der Waals surface area contributed by atoms with Crippen molar-refractivity contribution < 1.29 is 32.2 Å². The van der Waals surface area contributed by atoms with Crippen LogP contribution in [-0.4, -0.2) is 78.8 Å². The number of hydrogen-bond acceptors (Lipinski definition) is 5. The molecule has 2 amide bonds. The molecule has 2 saturated heterocycles. The Morgan fingerprint density at radius 1 is 1.25 bits per heavy atom. The van der Waals surface area contributed by atoms with Gasteiger partial charge in [0.15, 0.2) is 18.1 Å². The number of carbonyl (C=O) groups excluding carboxylic acids is 2. The van der Waals surface area contributed by atoms with E-state index in [0.29, 0.717) is 32.8 Å². The molecule has 2 atom stereocenters. The molecule has 0 saturated carbocycles. The Hall–Kier alpha value is -2.36. The Morgan fingerprint density at radius 3 is 2.64 bits per heavy atom. The van der Waals surface area contributed by atoms with Crippen LogP contribution in [0.25, 0.3) is 0 Å². The van der Waals surface area contributed by atoms with Crippen molar-refractivity contribution in [2.75, 3.05) is 46.0 Å². The number of pyridine rings is 1. The molecule has 10 heteroatoms. The van der Waals surface area contributed by atoms with Crippen molar-refractivity contribution >= 4 is 11.8 Å². The minimum Gasteiger partial charge on any atom is -0.482 e. The van der Waals surface area contributed by atoms with Crippen LogP contribution in [0.3, 0.4) is 0 Å². The van der Waals surface area contributed by atoms with E-state index in [1.165, 1.54) is 23.2 Å². The molecule has 2 aliphatic heterocycles. The van der Waals surface area contributed by atoms with Gasteiger partial charge in [-0.2, -0.15) is 13.2 Å². The van der Waals surface area contributed by atoms with Gasteiger partial charge >= 0.3 is 6.18 Å². The maximum atomic E-state index is 12.8. The van der Waals surface area contributed by atoms with Crippen LogP contribution in [-0.2, 0) is 9.53 Å². The third kappa shape index (κ3) is 4.73. The van der Waals surface area contributed by atoms with Crippen LogP contribution in [0.2, 0.25) is 0 Å². The topological polar surface area (TPSA) is 72.0 Å². The first-order chi connectivity index (χ1) is 13.3. The summed E-state index contributed by atoms with van der Waals surface area (Å²) >= 11 is 0. The van der Waals surface area contributed by atoms with Crippen LogP contribution in [0.15, 0.2) is 18.3 Å². The molecule has 1 aromatic rings. The summed E-state index contributed by atoms with van der Waals surface area (Å²) in [6.45, 7) is 2.92. The number of likely N-dealkylation sites (tertiary alicyclic amines) is 1. The van der Waals surface area contributed by atoms with Crippen molar-refractivity contribution in [1.29, 1.82) is 0 Å². The number of halogens is 3. The molecular weight excluding hydrogens is 379 g/mol. The number of hydrogen-bond donors (Lipinski definition) is 0. The summed E-state index contributed by atoms with van der Waals surface area (Å²) < 4.78 is 47.4. The second-order valence-electron chi connectivity index (χ2n) is 6.99. The zero-order chi connectivity index (χ0) is 20.3. The van der Waals surface area contributed by atoms with Gasteiger partial charge in [0.25, 0.3) is 5.91 Å². The van der Waals surface area contributed by atoms with Gasteiger partial charge in [0.2, 0.25) is 5.91 Å². The van der Waals surface area contributed by atoms with E-state index in [4.69, 9.17) is 9.47 Å². The molecule has 0 bridgehead atoms. The first-order valence-electron chi connectivity index (χ1n) is 9.06. The molecule has 3 rings (SSSR count). The highest BCUT2D eigenvalue weighted by Crippen LogP contribution is 2.29. The largest absolute Gasteiger partial charge is 0.482 e. The predicted octanol–water partition coefficient (Wildman–Crippen LogP) is 1.59. The van der Waals surface area contributed by atoms with Gasteiger partial charge in [0.05, 0.1) is 19.1 Å². The smallest absolute Gasteiger partial charge is 0.422 e. The van der Waals surface area contributed by atoms with Crippen LogP contribution < -0.4 is 4.74 Å². The number of nitrogens with zero attached hydrogens (tertiary/aromatic N) is 3. The van der Waals surface area contributed by atoms with E-state index in [1.54, 1.807) is 4.90 Å². The molecule has 2 aliphatic rings. The van der Waals surface area contributed by atoms with Gasteiger partial charge in [-0.25, -0.2) is 4.98 Å². The molecule has 0 N–H and O–H groups in total. The Morgan fingerprint density at radius 2 is 1.96 bits per heavy atom. The van der Waals surface area contributed by atoms with Gasteiger partial charge < -0.3 is 19.3 Å². The minimum absolute atomic E-state index is 0.0272. The first-order valence-corrected chi connectivity index (χ1v) is 9.06. The van der Waals surface area contributed by atoms with Crippen LogP contribution in [0.5, 0.6) is 5.75 Å². The lowest BCUT2D eigenvalue weighted by molar-refractivity contribution is -0.153. The van der Waals surface area contributed by atoms with Crippen LogP contribution in [0.1, 0.15) is 17.4 Å². The fourth-order valence-corrected chi connectivity index (χ4v) is 3.45. The van der Waals surface area contributed by atoms with E-state index >= 15 is 0 Å². The Balaban J connectivity index is 1.69. The maximum Gasteiger partial charge on any atom is 0.422 e. The summed E-state index contributed by atoms with van der Waals surface area (Å²) in [6, 6.07) is 2.68. The molecule has 1 aromatic heterocycles. The van der Waals surface area contributed by atoms with Gasteiger partial charge in [0, 0.05) is 32.4 Å². The number of alkyl halides is 3. The minimum atomic E-state index is -4.52. The molecule has 0 radical (unpaired) electrons. The van der Waals surface area contributed by atoms with Crippen molar-refractivity contribution in [2.24, 2.45) is 11.8 Å². The lowest BCUT2D eigenvalue weighted by atomic mass is 9.96. The average molecular weight is 401 g/mol. The van der Waals surface area contributed by atoms with Gasteiger partial charge in [-0.1, -0.05) is 6.92 Å². The van der Waals surface area contributed by atoms with E-state index in [9.17, 15) is 22.8 Å². The summed E-state index contributed by atoms with van der Waals surface area (Å²) in [7, 11) is 0. The normalized spacial score (nSPS) is 23.0. The highest BCUT2D eigenvalue weighted by Gasteiger charge is 2.40. The Bertz CT molecular complexity index is 722. The zero-order valence-electron chi connectivity index (χ0n) is 15.4. The number of rotatable bonds is 4. The first kappa shape index (κ1) is 20.4. The van der Waals surface area contributed by atoms with Crippen molar-refractivity contribution in [2.45, 2.75) is 13.1 Å². The Kier molecular flexibility index (Phi) is 6.07. The molecular formula is C18H22F3N3O4. The van der Waals surface area contributed by atoms with Crippen molar-refractivity contribution in [3.05, 3.63) is 24.0 Å². The van der Waals surface area contributed by atoms with Crippen molar-refractivity contribution in [3.8, 4) is 5.75 Å². The lowest BCUT2D eigenvalue weighted by Gasteiger charge is -2.30. The summed E-state index contributed by atoms with van der Waals surface area (Å²) in [6.07, 6.45) is -3.20. The second-order valence-corrected chi connectivity index (χ2v) is 6.99. The third-order valence-electron chi connectivity index (χ3n) is 4.90.